The summed E-state index contributed by atoms with van der Waals surface area (Å²) < 4.78 is 7.61. The average molecular weight is 397 g/mol. The van der Waals surface area contributed by atoms with E-state index in [0.29, 0.717) is 29.9 Å². The molecule has 2 aromatic carbocycles. The number of hydrogen-bond donors (Lipinski definition) is 1. The van der Waals surface area contributed by atoms with E-state index in [4.69, 9.17) is 4.74 Å². The fourth-order valence-electron chi connectivity index (χ4n) is 2.55. The number of amides is 1. The van der Waals surface area contributed by atoms with Crippen molar-refractivity contribution in [1.29, 1.82) is 0 Å². The van der Waals surface area contributed by atoms with Crippen LogP contribution in [0.5, 0.6) is 5.75 Å². The second-order valence-electron chi connectivity index (χ2n) is 6.43. The summed E-state index contributed by atoms with van der Waals surface area (Å²) in [6.45, 7) is 2.99. The Balaban J connectivity index is 1.42. The molecule has 0 radical (unpaired) electrons. The number of nitrogens with one attached hydrogen (secondary N) is 1. The monoisotopic (exact) mass is 396 g/mol. The third-order valence-electron chi connectivity index (χ3n) is 4.23. The van der Waals surface area contributed by atoms with E-state index in [-0.39, 0.29) is 5.91 Å². The Labute approximate surface area is 169 Å². The van der Waals surface area contributed by atoms with Crippen LogP contribution in [0.25, 0.3) is 0 Å². The molecule has 146 valence electrons. The molecule has 0 saturated carbocycles. The van der Waals surface area contributed by atoms with Gasteiger partial charge in [-0.3, -0.25) is 4.79 Å². The molecule has 3 rings (SSSR count). The zero-order valence-corrected chi connectivity index (χ0v) is 16.9. The van der Waals surface area contributed by atoms with Crippen molar-refractivity contribution in [2.45, 2.75) is 25.1 Å². The Morgan fingerprint density at radius 1 is 1.11 bits per heavy atom. The third-order valence-corrected chi connectivity index (χ3v) is 5.25. The molecule has 0 bridgehead atoms. The van der Waals surface area contributed by atoms with E-state index in [1.54, 1.807) is 0 Å². The van der Waals surface area contributed by atoms with E-state index in [2.05, 4.69) is 27.6 Å². The molecule has 3 aromatic rings. The molecule has 1 heterocycles. The first-order chi connectivity index (χ1) is 13.6. The van der Waals surface area contributed by atoms with E-state index in [1.807, 2.05) is 61.0 Å². The maximum absolute atomic E-state index is 12.0. The van der Waals surface area contributed by atoms with Gasteiger partial charge in [-0.25, -0.2) is 0 Å². The molecular weight excluding hydrogens is 372 g/mol. The summed E-state index contributed by atoms with van der Waals surface area (Å²) in [7, 11) is 1.88. The van der Waals surface area contributed by atoms with Crippen molar-refractivity contribution < 1.29 is 9.53 Å². The molecular formula is C21H24N4O2S. The van der Waals surface area contributed by atoms with Gasteiger partial charge in [-0.2, -0.15) is 0 Å². The molecule has 0 fully saturated rings. The maximum atomic E-state index is 12.0. The Hall–Kier alpha value is -2.80. The number of benzene rings is 2. The zero-order valence-electron chi connectivity index (χ0n) is 16.1. The molecule has 28 heavy (non-hydrogen) atoms. The minimum Gasteiger partial charge on any atom is -0.486 e. The van der Waals surface area contributed by atoms with Crippen molar-refractivity contribution in [2.75, 3.05) is 12.3 Å². The number of nitrogens with zero attached hydrogens (tertiary/aromatic N) is 3. The lowest BCUT2D eigenvalue weighted by molar-refractivity contribution is -0.118. The van der Waals surface area contributed by atoms with E-state index >= 15 is 0 Å². The fraction of sp³-hybridized carbons (Fsp3) is 0.286. The standard InChI is InChI=1S/C21H24N4O2S/c1-16-8-10-18(11-9-16)27-14-19-23-24-21(25(19)2)28-15-20(26)22-13-12-17-6-4-3-5-7-17/h3-11H,12-15H2,1-2H3,(H,22,26). The van der Waals surface area contributed by atoms with Crippen LogP contribution in [0.1, 0.15) is 17.0 Å². The van der Waals surface area contributed by atoms with Gasteiger partial charge >= 0.3 is 0 Å². The molecule has 0 unspecified atom stereocenters. The zero-order chi connectivity index (χ0) is 19.8. The van der Waals surface area contributed by atoms with Gasteiger partial charge in [0.15, 0.2) is 11.0 Å². The van der Waals surface area contributed by atoms with E-state index in [0.717, 1.165) is 12.2 Å². The number of carbonyl (C=O) groups is 1. The van der Waals surface area contributed by atoms with Crippen LogP contribution in [-0.4, -0.2) is 33.0 Å². The van der Waals surface area contributed by atoms with Gasteiger partial charge in [0.25, 0.3) is 0 Å². The Morgan fingerprint density at radius 3 is 2.61 bits per heavy atom. The molecule has 0 aliphatic heterocycles. The van der Waals surface area contributed by atoms with Gasteiger partial charge in [0, 0.05) is 13.6 Å². The van der Waals surface area contributed by atoms with E-state index in [9.17, 15) is 4.79 Å². The van der Waals surface area contributed by atoms with Crippen molar-refractivity contribution in [3.8, 4) is 5.75 Å². The number of ether oxygens (including phenoxy) is 1. The average Bonchev–Trinajstić information content (AvgIpc) is 3.06. The highest BCUT2D eigenvalue weighted by Gasteiger charge is 2.12. The van der Waals surface area contributed by atoms with Crippen molar-refractivity contribution >= 4 is 17.7 Å². The third kappa shape index (κ3) is 5.85. The molecule has 1 amide bonds. The first kappa shape index (κ1) is 19.9. The number of rotatable bonds is 9. The first-order valence-electron chi connectivity index (χ1n) is 9.13. The Morgan fingerprint density at radius 2 is 1.86 bits per heavy atom. The predicted octanol–water partition coefficient (Wildman–Crippen LogP) is 3.15. The number of carbonyl (C=O) groups excluding carboxylic acids is 1. The Bertz CT molecular complexity index is 895. The quantitative estimate of drug-likeness (QED) is 0.563. The van der Waals surface area contributed by atoms with E-state index < -0.39 is 0 Å². The van der Waals surface area contributed by atoms with Crippen LogP contribution in [0.3, 0.4) is 0 Å². The summed E-state index contributed by atoms with van der Waals surface area (Å²) in [6.07, 6.45) is 0.821. The van der Waals surface area contributed by atoms with Gasteiger partial charge in [-0.05, 0) is 31.0 Å². The van der Waals surface area contributed by atoms with Crippen LogP contribution in [0, 0.1) is 6.92 Å². The van der Waals surface area contributed by atoms with Gasteiger partial charge in [0.2, 0.25) is 5.91 Å². The molecule has 1 N–H and O–H groups in total. The lowest BCUT2D eigenvalue weighted by atomic mass is 10.1. The minimum atomic E-state index is -0.0126. The number of aromatic nitrogens is 3. The van der Waals surface area contributed by atoms with Gasteiger partial charge in [-0.15, -0.1) is 10.2 Å². The number of thioether (sulfide) groups is 1. The molecule has 6 nitrogen and oxygen atoms in total. The number of aryl methyl sites for hydroxylation is 1. The fourth-order valence-corrected chi connectivity index (χ4v) is 3.31. The van der Waals surface area contributed by atoms with E-state index in [1.165, 1.54) is 22.9 Å². The van der Waals surface area contributed by atoms with Gasteiger partial charge in [-0.1, -0.05) is 59.8 Å². The summed E-state index contributed by atoms with van der Waals surface area (Å²) in [6, 6.07) is 18.0. The van der Waals surface area contributed by atoms with Crippen molar-refractivity contribution in [1.82, 2.24) is 20.1 Å². The van der Waals surface area contributed by atoms with Crippen LogP contribution in [-0.2, 0) is 24.9 Å². The summed E-state index contributed by atoms with van der Waals surface area (Å²) in [4.78, 5) is 12.0. The van der Waals surface area contributed by atoms with Crippen molar-refractivity contribution in [3.05, 3.63) is 71.5 Å². The molecule has 0 aliphatic rings. The maximum Gasteiger partial charge on any atom is 0.230 e. The highest BCUT2D eigenvalue weighted by atomic mass is 32.2. The molecule has 7 heteroatoms. The van der Waals surface area contributed by atoms with Crippen molar-refractivity contribution in [3.63, 3.8) is 0 Å². The SMILES string of the molecule is Cc1ccc(OCc2nnc(SCC(=O)NCCc3ccccc3)n2C)cc1. The summed E-state index contributed by atoms with van der Waals surface area (Å²) >= 11 is 1.37. The van der Waals surface area contributed by atoms with Crippen molar-refractivity contribution in [2.24, 2.45) is 7.05 Å². The predicted molar refractivity (Wildman–Crippen MR) is 110 cm³/mol. The molecule has 0 saturated heterocycles. The van der Waals surface area contributed by atoms with Crippen LogP contribution in [0.4, 0.5) is 0 Å². The smallest absolute Gasteiger partial charge is 0.230 e. The van der Waals surface area contributed by atoms with Gasteiger partial charge < -0.3 is 14.6 Å². The molecule has 0 atom stereocenters. The Kier molecular flexibility index (Phi) is 7.08. The van der Waals surface area contributed by atoms with Crippen LogP contribution in [0.2, 0.25) is 0 Å². The minimum absolute atomic E-state index is 0.0126. The second-order valence-corrected chi connectivity index (χ2v) is 7.38. The van der Waals surface area contributed by atoms with Crippen LogP contribution < -0.4 is 10.1 Å². The topological polar surface area (TPSA) is 69.0 Å². The van der Waals surface area contributed by atoms with Gasteiger partial charge in [0.1, 0.15) is 12.4 Å². The molecule has 0 spiro atoms. The highest BCUT2D eigenvalue weighted by Crippen LogP contribution is 2.17. The lowest BCUT2D eigenvalue weighted by Crippen LogP contribution is -2.27. The first-order valence-corrected chi connectivity index (χ1v) is 10.1. The normalized spacial score (nSPS) is 10.6. The lowest BCUT2D eigenvalue weighted by Gasteiger charge is -2.07. The molecule has 1 aromatic heterocycles. The highest BCUT2D eigenvalue weighted by molar-refractivity contribution is 7.99. The summed E-state index contributed by atoms with van der Waals surface area (Å²) in [5.74, 6) is 1.80. The van der Waals surface area contributed by atoms with Crippen LogP contribution >= 0.6 is 11.8 Å². The van der Waals surface area contributed by atoms with Crippen LogP contribution in [0.15, 0.2) is 59.8 Å². The van der Waals surface area contributed by atoms with Gasteiger partial charge in [0.05, 0.1) is 5.75 Å². The molecule has 0 aliphatic carbocycles. The number of hydrogen-bond acceptors (Lipinski definition) is 5. The second kappa shape index (κ2) is 9.94. The largest absolute Gasteiger partial charge is 0.486 e. The summed E-state index contributed by atoms with van der Waals surface area (Å²) in [5.41, 5.74) is 2.40. The summed E-state index contributed by atoms with van der Waals surface area (Å²) in [5, 5.41) is 12.0.